The predicted molar refractivity (Wildman–Crippen MR) is 79.2 cm³/mol. The molecule has 2 aliphatic rings. The van der Waals surface area contributed by atoms with Crippen molar-refractivity contribution in [1.29, 1.82) is 0 Å². The highest BCUT2D eigenvalue weighted by Crippen LogP contribution is 2.37. The number of nitro benzene ring substituents is 1. The largest absolute Gasteiger partial charge is 0.506 e. The number of fused-ring (bicyclic) bond motifs is 1. The molecule has 21 heavy (non-hydrogen) atoms. The van der Waals surface area contributed by atoms with Gasteiger partial charge in [0.25, 0.3) is 5.69 Å². The summed E-state index contributed by atoms with van der Waals surface area (Å²) in [4.78, 5) is 11.7. The molecule has 2 fully saturated rings. The molecule has 2 aliphatic heterocycles. The number of thiocarbonyl (C=S) groups is 1. The second-order valence-electron chi connectivity index (χ2n) is 5.00. The van der Waals surface area contributed by atoms with E-state index in [2.05, 4.69) is 5.32 Å². The molecule has 8 nitrogen and oxygen atoms in total. The summed E-state index contributed by atoms with van der Waals surface area (Å²) in [5, 5.41) is 23.9. The molecule has 2 saturated heterocycles. The van der Waals surface area contributed by atoms with Crippen molar-refractivity contribution in [1.82, 2.24) is 5.32 Å². The van der Waals surface area contributed by atoms with E-state index in [0.717, 1.165) is 0 Å². The highest BCUT2D eigenvalue weighted by Gasteiger charge is 2.48. The summed E-state index contributed by atoms with van der Waals surface area (Å²) in [6.07, 6.45) is 0. The van der Waals surface area contributed by atoms with Crippen molar-refractivity contribution in [2.45, 2.75) is 12.1 Å². The number of sulfone groups is 1. The highest BCUT2D eigenvalue weighted by molar-refractivity contribution is 7.91. The molecule has 0 bridgehead atoms. The number of benzene rings is 1. The predicted octanol–water partition coefficient (Wildman–Crippen LogP) is 0.161. The monoisotopic (exact) mass is 329 g/mol. The van der Waals surface area contributed by atoms with Crippen LogP contribution in [0.2, 0.25) is 0 Å². The maximum atomic E-state index is 11.7. The van der Waals surface area contributed by atoms with Gasteiger partial charge in [-0.15, -0.1) is 0 Å². The van der Waals surface area contributed by atoms with Gasteiger partial charge < -0.3 is 15.3 Å². The van der Waals surface area contributed by atoms with Gasteiger partial charge in [-0.05, 0) is 18.3 Å². The first-order chi connectivity index (χ1) is 9.78. The lowest BCUT2D eigenvalue weighted by atomic mass is 10.1. The van der Waals surface area contributed by atoms with Crippen LogP contribution in [0.1, 0.15) is 0 Å². The van der Waals surface area contributed by atoms with Crippen LogP contribution in [0.25, 0.3) is 0 Å². The molecule has 10 heteroatoms. The Bertz CT molecular complexity index is 748. The number of nitro groups is 1. The number of rotatable bonds is 2. The molecule has 0 unspecified atom stereocenters. The number of aromatic hydroxyl groups is 1. The maximum absolute atomic E-state index is 11.7. The second-order valence-corrected chi connectivity index (χ2v) is 7.54. The maximum Gasteiger partial charge on any atom is 0.271 e. The normalized spacial score (nSPS) is 26.5. The number of phenols is 1. The molecule has 0 radical (unpaired) electrons. The number of anilines is 1. The number of hydrogen-bond donors (Lipinski definition) is 2. The Morgan fingerprint density at radius 2 is 2.14 bits per heavy atom. The van der Waals surface area contributed by atoms with Crippen molar-refractivity contribution in [3.05, 3.63) is 28.3 Å². The van der Waals surface area contributed by atoms with E-state index in [4.69, 9.17) is 12.2 Å². The lowest BCUT2D eigenvalue weighted by Gasteiger charge is -2.23. The summed E-state index contributed by atoms with van der Waals surface area (Å²) in [6, 6.07) is 2.74. The van der Waals surface area contributed by atoms with Crippen molar-refractivity contribution in [2.75, 3.05) is 16.4 Å². The van der Waals surface area contributed by atoms with Gasteiger partial charge in [-0.25, -0.2) is 8.42 Å². The summed E-state index contributed by atoms with van der Waals surface area (Å²) in [7, 11) is -3.19. The Hall–Kier alpha value is -1.94. The van der Waals surface area contributed by atoms with Crippen molar-refractivity contribution >= 4 is 38.5 Å². The number of nitrogens with zero attached hydrogens (tertiary/aromatic N) is 2. The molecule has 1 aromatic carbocycles. The van der Waals surface area contributed by atoms with Crippen molar-refractivity contribution < 1.29 is 18.4 Å². The molecule has 1 aromatic rings. The Kier molecular flexibility index (Phi) is 3.02. The number of non-ortho nitro benzene ring substituents is 1. The summed E-state index contributed by atoms with van der Waals surface area (Å²) < 4.78 is 23.4. The van der Waals surface area contributed by atoms with Gasteiger partial charge >= 0.3 is 0 Å². The van der Waals surface area contributed by atoms with Crippen LogP contribution in [0.15, 0.2) is 18.2 Å². The lowest BCUT2D eigenvalue weighted by molar-refractivity contribution is -0.384. The molecule has 0 saturated carbocycles. The van der Waals surface area contributed by atoms with E-state index < -0.39 is 20.8 Å². The number of hydrogen-bond acceptors (Lipinski definition) is 6. The molecule has 2 N–H and O–H groups in total. The molecular weight excluding hydrogens is 318 g/mol. The van der Waals surface area contributed by atoms with Gasteiger partial charge in [0, 0.05) is 12.1 Å². The van der Waals surface area contributed by atoms with E-state index in [1.807, 2.05) is 0 Å². The minimum atomic E-state index is -3.19. The average molecular weight is 329 g/mol. The standard InChI is InChI=1S/C11H11N3O5S2/c15-10-2-1-6(14(16)17)3-8(10)13-9-5-21(18,19)4-7(9)12-11(13)20/h1-3,7,9,15H,4-5H2,(H,12,20)/t7-,9+/m1/s1. The van der Waals surface area contributed by atoms with Crippen LogP contribution in [-0.4, -0.2) is 47.1 Å². The second kappa shape index (κ2) is 4.53. The van der Waals surface area contributed by atoms with E-state index in [0.29, 0.717) is 0 Å². The number of phenolic OH excluding ortho intramolecular Hbond substituents is 1. The molecule has 2 heterocycles. The fourth-order valence-corrected chi connectivity index (χ4v) is 4.98. The summed E-state index contributed by atoms with van der Waals surface area (Å²) in [5.41, 5.74) is -0.0544. The van der Waals surface area contributed by atoms with E-state index in [1.165, 1.54) is 23.1 Å². The van der Waals surface area contributed by atoms with Gasteiger partial charge in [0.05, 0.1) is 34.2 Å². The Morgan fingerprint density at radius 3 is 2.81 bits per heavy atom. The van der Waals surface area contributed by atoms with Crippen molar-refractivity contribution in [3.8, 4) is 5.75 Å². The first-order valence-electron chi connectivity index (χ1n) is 6.06. The fraction of sp³-hybridized carbons (Fsp3) is 0.364. The third kappa shape index (κ3) is 2.29. The third-order valence-corrected chi connectivity index (χ3v) is 5.64. The highest BCUT2D eigenvalue weighted by atomic mass is 32.2. The molecule has 112 valence electrons. The summed E-state index contributed by atoms with van der Waals surface area (Å²) in [5.74, 6) is -0.327. The molecule has 0 amide bonds. The minimum absolute atomic E-state index is 0.0377. The van der Waals surface area contributed by atoms with E-state index >= 15 is 0 Å². The lowest BCUT2D eigenvalue weighted by Crippen LogP contribution is -2.36. The van der Waals surface area contributed by atoms with E-state index in [1.54, 1.807) is 0 Å². The molecular formula is C11H11N3O5S2. The Morgan fingerprint density at radius 1 is 1.43 bits per heavy atom. The Labute approximate surface area is 125 Å². The molecule has 2 atom stereocenters. The zero-order chi connectivity index (χ0) is 15.4. The van der Waals surface area contributed by atoms with Gasteiger partial charge in [0.1, 0.15) is 5.75 Å². The van der Waals surface area contributed by atoms with Crippen LogP contribution in [0.4, 0.5) is 11.4 Å². The van der Waals surface area contributed by atoms with Crippen LogP contribution in [0, 0.1) is 10.1 Å². The van der Waals surface area contributed by atoms with E-state index in [9.17, 15) is 23.6 Å². The summed E-state index contributed by atoms with van der Waals surface area (Å²) >= 11 is 5.16. The van der Waals surface area contributed by atoms with Gasteiger partial charge in [0.15, 0.2) is 14.9 Å². The van der Waals surface area contributed by atoms with Gasteiger partial charge in [-0.3, -0.25) is 10.1 Å². The fourth-order valence-electron chi connectivity index (χ4n) is 2.71. The van der Waals surface area contributed by atoms with Crippen molar-refractivity contribution in [2.24, 2.45) is 0 Å². The van der Waals surface area contributed by atoms with Crippen LogP contribution in [0.5, 0.6) is 5.75 Å². The summed E-state index contributed by atoms with van der Waals surface area (Å²) in [6.45, 7) is 0. The molecule has 0 aromatic heterocycles. The van der Waals surface area contributed by atoms with Crippen LogP contribution in [-0.2, 0) is 9.84 Å². The first kappa shape index (κ1) is 14.0. The average Bonchev–Trinajstić information content (AvgIpc) is 2.80. The third-order valence-electron chi connectivity index (χ3n) is 3.61. The SMILES string of the molecule is O=[N+]([O-])c1ccc(O)c(N2C(=S)N[C@@H]3CS(=O)(=O)C[C@@H]32)c1. The van der Waals surface area contributed by atoms with Crippen molar-refractivity contribution in [3.63, 3.8) is 0 Å². The topological polar surface area (TPSA) is 113 Å². The zero-order valence-corrected chi connectivity index (χ0v) is 12.2. The molecule has 0 aliphatic carbocycles. The Balaban J connectivity index is 2.05. The van der Waals surface area contributed by atoms with Gasteiger partial charge in [-0.2, -0.15) is 0 Å². The van der Waals surface area contributed by atoms with Crippen LogP contribution < -0.4 is 10.2 Å². The van der Waals surface area contributed by atoms with Crippen LogP contribution >= 0.6 is 12.2 Å². The minimum Gasteiger partial charge on any atom is -0.506 e. The molecule has 0 spiro atoms. The van der Waals surface area contributed by atoms with Crippen LogP contribution in [0.3, 0.4) is 0 Å². The molecule has 3 rings (SSSR count). The number of nitrogens with one attached hydrogen (secondary N) is 1. The zero-order valence-electron chi connectivity index (χ0n) is 10.6. The van der Waals surface area contributed by atoms with Gasteiger partial charge in [-0.1, -0.05) is 0 Å². The first-order valence-corrected chi connectivity index (χ1v) is 8.29. The van der Waals surface area contributed by atoms with Gasteiger partial charge in [0.2, 0.25) is 0 Å². The smallest absolute Gasteiger partial charge is 0.271 e. The quantitative estimate of drug-likeness (QED) is 0.448. The van der Waals surface area contributed by atoms with E-state index in [-0.39, 0.29) is 39.8 Å².